The van der Waals surface area contributed by atoms with Gasteiger partial charge in [0.15, 0.2) is 6.10 Å². The van der Waals surface area contributed by atoms with Crippen LogP contribution in [0.25, 0.3) is 0 Å². The quantitative estimate of drug-likeness (QED) is 0.771. The van der Waals surface area contributed by atoms with Crippen LogP contribution in [0.5, 0.6) is 5.75 Å². The van der Waals surface area contributed by atoms with Gasteiger partial charge in [-0.25, -0.2) is 0 Å². The number of nitrogens with two attached hydrogens (primary N) is 1. The summed E-state index contributed by atoms with van der Waals surface area (Å²) in [4.78, 5) is 21.6. The van der Waals surface area contributed by atoms with Crippen LogP contribution in [0.4, 0.5) is 0 Å². The van der Waals surface area contributed by atoms with Gasteiger partial charge in [-0.05, 0) is 24.1 Å². The highest BCUT2D eigenvalue weighted by Gasteiger charge is 2.14. The molecule has 5 nitrogen and oxygen atoms in total. The minimum absolute atomic E-state index is 0.0788. The molecule has 0 bridgehead atoms. The minimum Gasteiger partial charge on any atom is -0.481 e. The Kier molecular flexibility index (Phi) is 4.51. The van der Waals surface area contributed by atoms with Crippen molar-refractivity contribution >= 4 is 11.9 Å². The summed E-state index contributed by atoms with van der Waals surface area (Å²) in [5, 5.41) is 8.66. The molecule has 1 unspecified atom stereocenters. The van der Waals surface area contributed by atoms with Crippen molar-refractivity contribution in [3.05, 3.63) is 29.8 Å². The van der Waals surface area contributed by atoms with Crippen LogP contribution in [0.3, 0.4) is 0 Å². The molecule has 0 aliphatic heterocycles. The largest absolute Gasteiger partial charge is 0.481 e. The SMILES string of the molecule is CCC(Oc1cccc(CC(=O)O)c1)C(N)=O. The standard InChI is InChI=1S/C12H15NO4/c1-2-10(12(13)16)17-9-5-3-4-8(6-9)7-11(14)15/h3-6,10H,2,7H2,1H3,(H2,13,16)(H,14,15). The molecule has 0 heterocycles. The molecule has 5 heteroatoms. The van der Waals surface area contributed by atoms with Gasteiger partial charge in [0, 0.05) is 0 Å². The van der Waals surface area contributed by atoms with E-state index < -0.39 is 18.0 Å². The molecule has 0 aromatic heterocycles. The number of carbonyl (C=O) groups is 2. The summed E-state index contributed by atoms with van der Waals surface area (Å²) in [5.74, 6) is -0.991. The lowest BCUT2D eigenvalue weighted by Gasteiger charge is -2.14. The summed E-state index contributed by atoms with van der Waals surface area (Å²) in [6.45, 7) is 1.79. The highest BCUT2D eigenvalue weighted by atomic mass is 16.5. The highest BCUT2D eigenvalue weighted by Crippen LogP contribution is 2.16. The maximum Gasteiger partial charge on any atom is 0.307 e. The predicted molar refractivity (Wildman–Crippen MR) is 61.7 cm³/mol. The van der Waals surface area contributed by atoms with Crippen LogP contribution in [0.15, 0.2) is 24.3 Å². The van der Waals surface area contributed by atoms with E-state index in [0.717, 1.165) is 0 Å². The Bertz CT molecular complexity index is 417. The monoisotopic (exact) mass is 237 g/mol. The zero-order chi connectivity index (χ0) is 12.8. The van der Waals surface area contributed by atoms with Crippen molar-refractivity contribution in [2.75, 3.05) is 0 Å². The number of rotatable bonds is 6. The van der Waals surface area contributed by atoms with Crippen LogP contribution in [0.2, 0.25) is 0 Å². The van der Waals surface area contributed by atoms with E-state index in [1.807, 2.05) is 0 Å². The Morgan fingerprint density at radius 1 is 1.47 bits per heavy atom. The summed E-state index contributed by atoms with van der Waals surface area (Å²) in [6.07, 6.45) is -0.293. The normalized spacial score (nSPS) is 11.8. The average Bonchev–Trinajstić information content (AvgIpc) is 2.25. The van der Waals surface area contributed by atoms with Gasteiger partial charge in [-0.15, -0.1) is 0 Å². The van der Waals surface area contributed by atoms with Crippen molar-refractivity contribution in [1.29, 1.82) is 0 Å². The molecular formula is C12H15NO4. The number of benzene rings is 1. The first kappa shape index (κ1) is 13.0. The average molecular weight is 237 g/mol. The number of amides is 1. The van der Waals surface area contributed by atoms with Crippen LogP contribution in [0.1, 0.15) is 18.9 Å². The lowest BCUT2D eigenvalue weighted by molar-refractivity contribution is -0.136. The molecule has 1 atom stereocenters. The number of carbonyl (C=O) groups excluding carboxylic acids is 1. The molecule has 1 rings (SSSR count). The molecule has 0 radical (unpaired) electrons. The van der Waals surface area contributed by atoms with E-state index in [-0.39, 0.29) is 6.42 Å². The van der Waals surface area contributed by atoms with Gasteiger partial charge in [0.25, 0.3) is 5.91 Å². The van der Waals surface area contributed by atoms with Crippen LogP contribution < -0.4 is 10.5 Å². The molecule has 0 saturated heterocycles. The number of carboxylic acid groups (broad SMARTS) is 1. The summed E-state index contributed by atoms with van der Waals surface area (Å²) in [5.41, 5.74) is 5.78. The molecule has 0 aliphatic rings. The van der Waals surface area contributed by atoms with E-state index in [2.05, 4.69) is 0 Å². The molecule has 92 valence electrons. The van der Waals surface area contributed by atoms with Gasteiger partial charge in [0.2, 0.25) is 0 Å². The van der Waals surface area contributed by atoms with Crippen molar-refractivity contribution in [2.24, 2.45) is 5.73 Å². The Hall–Kier alpha value is -2.04. The second-order valence-corrected chi connectivity index (χ2v) is 3.64. The lowest BCUT2D eigenvalue weighted by atomic mass is 10.1. The number of hydrogen-bond donors (Lipinski definition) is 2. The Labute approximate surface area is 99.2 Å². The van der Waals surface area contributed by atoms with Gasteiger partial charge in [0.05, 0.1) is 6.42 Å². The number of hydrogen-bond acceptors (Lipinski definition) is 3. The molecule has 0 aliphatic carbocycles. The topological polar surface area (TPSA) is 89.6 Å². The van der Waals surface area contributed by atoms with Crippen molar-refractivity contribution in [1.82, 2.24) is 0 Å². The lowest BCUT2D eigenvalue weighted by Crippen LogP contribution is -2.32. The van der Waals surface area contributed by atoms with E-state index in [1.165, 1.54) is 0 Å². The maximum atomic E-state index is 11.0. The number of primary amides is 1. The summed E-state index contributed by atoms with van der Waals surface area (Å²) in [7, 11) is 0. The zero-order valence-electron chi connectivity index (χ0n) is 9.55. The molecule has 1 amide bonds. The predicted octanol–water partition coefficient (Wildman–Crippen LogP) is 0.956. The van der Waals surface area contributed by atoms with E-state index in [4.69, 9.17) is 15.6 Å². The third kappa shape index (κ3) is 4.14. The molecule has 0 saturated carbocycles. The molecule has 17 heavy (non-hydrogen) atoms. The first-order valence-electron chi connectivity index (χ1n) is 5.29. The molecule has 1 aromatic carbocycles. The van der Waals surface area contributed by atoms with E-state index >= 15 is 0 Å². The van der Waals surface area contributed by atoms with Crippen molar-refractivity contribution in [3.8, 4) is 5.75 Å². The molecular weight excluding hydrogens is 222 g/mol. The van der Waals surface area contributed by atoms with Crippen molar-refractivity contribution in [2.45, 2.75) is 25.9 Å². The van der Waals surface area contributed by atoms with Gasteiger partial charge in [-0.1, -0.05) is 19.1 Å². The van der Waals surface area contributed by atoms with Gasteiger partial charge < -0.3 is 15.6 Å². The number of aliphatic carboxylic acids is 1. The van der Waals surface area contributed by atoms with Crippen LogP contribution in [-0.2, 0) is 16.0 Å². The smallest absolute Gasteiger partial charge is 0.307 e. The Morgan fingerprint density at radius 3 is 2.71 bits per heavy atom. The summed E-state index contributed by atoms with van der Waals surface area (Å²) in [6, 6.07) is 6.63. The molecule has 0 spiro atoms. The second-order valence-electron chi connectivity index (χ2n) is 3.64. The fourth-order valence-corrected chi connectivity index (χ4v) is 1.41. The third-order valence-corrected chi connectivity index (χ3v) is 2.22. The molecule has 3 N–H and O–H groups in total. The second kappa shape index (κ2) is 5.89. The minimum atomic E-state index is -0.913. The first-order chi connectivity index (χ1) is 8.02. The summed E-state index contributed by atoms with van der Waals surface area (Å²) < 4.78 is 5.38. The van der Waals surface area contributed by atoms with Crippen molar-refractivity contribution in [3.63, 3.8) is 0 Å². The maximum absolute atomic E-state index is 11.0. The van der Waals surface area contributed by atoms with Gasteiger partial charge in [-0.2, -0.15) is 0 Å². The Balaban J connectivity index is 2.77. The van der Waals surface area contributed by atoms with Crippen molar-refractivity contribution < 1.29 is 19.4 Å². The summed E-state index contributed by atoms with van der Waals surface area (Å²) >= 11 is 0. The molecule has 0 fully saturated rings. The van der Waals surface area contributed by atoms with Crippen LogP contribution in [-0.4, -0.2) is 23.1 Å². The van der Waals surface area contributed by atoms with Gasteiger partial charge in [-0.3, -0.25) is 9.59 Å². The van der Waals surface area contributed by atoms with E-state index in [0.29, 0.717) is 17.7 Å². The van der Waals surface area contributed by atoms with Gasteiger partial charge >= 0.3 is 5.97 Å². The number of ether oxygens (including phenoxy) is 1. The van der Waals surface area contributed by atoms with Crippen LogP contribution >= 0.6 is 0 Å². The van der Waals surface area contributed by atoms with Gasteiger partial charge in [0.1, 0.15) is 5.75 Å². The Morgan fingerprint density at radius 2 is 2.18 bits per heavy atom. The highest BCUT2D eigenvalue weighted by molar-refractivity contribution is 5.79. The van der Waals surface area contributed by atoms with E-state index in [9.17, 15) is 9.59 Å². The molecule has 1 aromatic rings. The zero-order valence-corrected chi connectivity index (χ0v) is 9.55. The van der Waals surface area contributed by atoms with E-state index in [1.54, 1.807) is 31.2 Å². The first-order valence-corrected chi connectivity index (χ1v) is 5.29. The fraction of sp³-hybridized carbons (Fsp3) is 0.333. The third-order valence-electron chi connectivity index (χ3n) is 2.22. The number of carboxylic acids is 1. The van der Waals surface area contributed by atoms with Crippen LogP contribution in [0, 0.1) is 0 Å². The fourth-order valence-electron chi connectivity index (χ4n) is 1.41.